The molecule has 130 valence electrons. The monoisotopic (exact) mass is 354 g/mol. The average Bonchev–Trinajstić information content (AvgIpc) is 3.06. The minimum absolute atomic E-state index is 0.0298. The third-order valence-corrected chi connectivity index (χ3v) is 4.83. The molecule has 0 aliphatic rings. The Bertz CT molecular complexity index is 813. The van der Waals surface area contributed by atoms with E-state index in [4.69, 9.17) is 5.73 Å². The summed E-state index contributed by atoms with van der Waals surface area (Å²) in [5.74, 6) is 0.657. The van der Waals surface area contributed by atoms with E-state index >= 15 is 0 Å². The molecule has 3 aromatic rings. The van der Waals surface area contributed by atoms with Gasteiger partial charge in [-0.2, -0.15) is 0 Å². The van der Waals surface area contributed by atoms with Crippen LogP contribution in [0.1, 0.15) is 28.8 Å². The number of aromatic nitrogens is 2. The van der Waals surface area contributed by atoms with Crippen molar-refractivity contribution >= 4 is 28.7 Å². The number of fused-ring (bicyclic) bond motifs is 1. The zero-order chi connectivity index (χ0) is 17.5. The number of nitrogens with two attached hydrogens (primary N) is 1. The van der Waals surface area contributed by atoms with E-state index in [0.29, 0.717) is 18.8 Å². The fourth-order valence-corrected chi connectivity index (χ4v) is 3.47. The minimum Gasteiger partial charge on any atom is -0.352 e. The van der Waals surface area contributed by atoms with E-state index in [1.807, 2.05) is 48.5 Å². The van der Waals surface area contributed by atoms with Gasteiger partial charge in [0.25, 0.3) is 5.91 Å². The Morgan fingerprint density at radius 2 is 1.92 bits per heavy atom. The van der Waals surface area contributed by atoms with Gasteiger partial charge in [-0.3, -0.25) is 4.79 Å². The molecular weight excluding hydrogens is 332 g/mol. The van der Waals surface area contributed by atoms with Gasteiger partial charge >= 0.3 is 0 Å². The number of carbonyl (C=O) groups is 1. The van der Waals surface area contributed by atoms with Crippen molar-refractivity contribution in [2.45, 2.75) is 23.8 Å². The van der Waals surface area contributed by atoms with Crippen LogP contribution in [0.3, 0.4) is 0 Å². The number of aromatic amines is 1. The molecule has 4 N–H and O–H groups in total. The second-order valence-corrected chi connectivity index (χ2v) is 6.72. The molecule has 0 saturated carbocycles. The van der Waals surface area contributed by atoms with Crippen LogP contribution in [0.5, 0.6) is 0 Å². The SMILES string of the molecule is NCCCCNC(=O)c1ccccc1CSc1nc2ccccc2[nH]1. The molecule has 25 heavy (non-hydrogen) atoms. The van der Waals surface area contributed by atoms with E-state index in [-0.39, 0.29) is 5.91 Å². The largest absolute Gasteiger partial charge is 0.352 e. The number of unbranched alkanes of at least 4 members (excludes halogenated alkanes) is 1. The van der Waals surface area contributed by atoms with E-state index in [0.717, 1.165) is 40.2 Å². The Morgan fingerprint density at radius 1 is 1.12 bits per heavy atom. The number of benzene rings is 2. The average molecular weight is 354 g/mol. The fraction of sp³-hybridized carbons (Fsp3) is 0.263. The van der Waals surface area contributed by atoms with Gasteiger partial charge in [0.2, 0.25) is 0 Å². The molecular formula is C19H22N4OS. The highest BCUT2D eigenvalue weighted by atomic mass is 32.2. The van der Waals surface area contributed by atoms with E-state index in [2.05, 4.69) is 15.3 Å². The van der Waals surface area contributed by atoms with Crippen molar-refractivity contribution in [3.8, 4) is 0 Å². The number of carbonyl (C=O) groups excluding carboxylic acids is 1. The Hall–Kier alpha value is -2.31. The van der Waals surface area contributed by atoms with Crippen LogP contribution in [0.15, 0.2) is 53.7 Å². The molecule has 0 bridgehead atoms. The molecule has 0 spiro atoms. The smallest absolute Gasteiger partial charge is 0.251 e. The Morgan fingerprint density at radius 3 is 2.76 bits per heavy atom. The van der Waals surface area contributed by atoms with Crippen LogP contribution in [-0.4, -0.2) is 29.0 Å². The fourth-order valence-electron chi connectivity index (χ4n) is 2.58. The van der Waals surface area contributed by atoms with Crippen LogP contribution in [0.25, 0.3) is 11.0 Å². The molecule has 0 saturated heterocycles. The van der Waals surface area contributed by atoms with E-state index in [1.54, 1.807) is 11.8 Å². The van der Waals surface area contributed by atoms with Crippen molar-refractivity contribution in [3.05, 3.63) is 59.7 Å². The van der Waals surface area contributed by atoms with Gasteiger partial charge in [-0.15, -0.1) is 0 Å². The highest BCUT2D eigenvalue weighted by Crippen LogP contribution is 2.24. The molecule has 1 amide bonds. The van der Waals surface area contributed by atoms with Crippen molar-refractivity contribution in [2.24, 2.45) is 5.73 Å². The number of thioether (sulfide) groups is 1. The summed E-state index contributed by atoms with van der Waals surface area (Å²) in [4.78, 5) is 20.3. The molecule has 0 atom stereocenters. The molecule has 1 aromatic heterocycles. The molecule has 0 unspecified atom stereocenters. The normalized spacial score (nSPS) is 10.9. The summed E-state index contributed by atoms with van der Waals surface area (Å²) in [6, 6.07) is 15.7. The molecule has 1 heterocycles. The minimum atomic E-state index is -0.0298. The van der Waals surface area contributed by atoms with Gasteiger partial charge in [0.1, 0.15) is 0 Å². The van der Waals surface area contributed by atoms with E-state index < -0.39 is 0 Å². The van der Waals surface area contributed by atoms with Crippen LogP contribution in [0.2, 0.25) is 0 Å². The summed E-state index contributed by atoms with van der Waals surface area (Å²) < 4.78 is 0. The quantitative estimate of drug-likeness (QED) is 0.428. The van der Waals surface area contributed by atoms with Gasteiger partial charge in [-0.05, 0) is 43.1 Å². The summed E-state index contributed by atoms with van der Waals surface area (Å²) in [6.07, 6.45) is 1.82. The molecule has 0 fully saturated rings. The first-order valence-corrected chi connectivity index (χ1v) is 9.40. The van der Waals surface area contributed by atoms with Gasteiger partial charge in [0.05, 0.1) is 11.0 Å². The maximum atomic E-state index is 12.4. The number of hydrogen-bond donors (Lipinski definition) is 3. The third kappa shape index (κ3) is 4.61. The molecule has 6 heteroatoms. The van der Waals surface area contributed by atoms with Crippen molar-refractivity contribution in [1.29, 1.82) is 0 Å². The topological polar surface area (TPSA) is 83.8 Å². The molecule has 0 aliphatic carbocycles. The summed E-state index contributed by atoms with van der Waals surface area (Å²) in [7, 11) is 0. The first kappa shape index (κ1) is 17.5. The molecule has 2 aromatic carbocycles. The predicted octanol–water partition coefficient (Wildman–Crippen LogP) is 3.32. The van der Waals surface area contributed by atoms with Crippen LogP contribution in [0, 0.1) is 0 Å². The number of imidazole rings is 1. The van der Waals surface area contributed by atoms with E-state index in [1.165, 1.54) is 0 Å². The van der Waals surface area contributed by atoms with Crippen LogP contribution < -0.4 is 11.1 Å². The summed E-state index contributed by atoms with van der Waals surface area (Å²) in [5.41, 5.74) is 9.18. The second-order valence-electron chi connectivity index (χ2n) is 5.76. The van der Waals surface area contributed by atoms with Gasteiger partial charge in [-0.25, -0.2) is 4.98 Å². The summed E-state index contributed by atoms with van der Waals surface area (Å²) in [6.45, 7) is 1.31. The van der Waals surface area contributed by atoms with E-state index in [9.17, 15) is 4.79 Å². The van der Waals surface area contributed by atoms with Crippen LogP contribution in [0.4, 0.5) is 0 Å². The van der Waals surface area contributed by atoms with Crippen molar-refractivity contribution in [1.82, 2.24) is 15.3 Å². The number of rotatable bonds is 8. The lowest BCUT2D eigenvalue weighted by atomic mass is 10.1. The molecule has 0 aliphatic heterocycles. The van der Waals surface area contributed by atoms with Gasteiger partial charge < -0.3 is 16.0 Å². The Kier molecular flexibility index (Phi) is 6.09. The second kappa shape index (κ2) is 8.69. The van der Waals surface area contributed by atoms with Gasteiger partial charge in [0.15, 0.2) is 5.16 Å². The summed E-state index contributed by atoms with van der Waals surface area (Å²) in [5, 5.41) is 3.83. The van der Waals surface area contributed by atoms with Crippen molar-refractivity contribution in [2.75, 3.05) is 13.1 Å². The predicted molar refractivity (Wildman–Crippen MR) is 103 cm³/mol. The first-order chi connectivity index (χ1) is 12.3. The van der Waals surface area contributed by atoms with Crippen molar-refractivity contribution < 1.29 is 4.79 Å². The molecule has 3 rings (SSSR count). The highest BCUT2D eigenvalue weighted by molar-refractivity contribution is 7.98. The Balaban J connectivity index is 1.65. The molecule has 0 radical (unpaired) electrons. The first-order valence-electron chi connectivity index (χ1n) is 8.41. The van der Waals surface area contributed by atoms with Crippen LogP contribution >= 0.6 is 11.8 Å². The van der Waals surface area contributed by atoms with Crippen molar-refractivity contribution in [3.63, 3.8) is 0 Å². The number of H-pyrrole nitrogens is 1. The van der Waals surface area contributed by atoms with Gasteiger partial charge in [0, 0.05) is 17.9 Å². The lowest BCUT2D eigenvalue weighted by molar-refractivity contribution is 0.0952. The lowest BCUT2D eigenvalue weighted by Crippen LogP contribution is -2.25. The number of amides is 1. The maximum Gasteiger partial charge on any atom is 0.251 e. The van der Waals surface area contributed by atoms with Crippen LogP contribution in [-0.2, 0) is 5.75 Å². The number of para-hydroxylation sites is 2. The molecule has 5 nitrogen and oxygen atoms in total. The zero-order valence-electron chi connectivity index (χ0n) is 14.0. The number of nitrogens with one attached hydrogen (secondary N) is 2. The number of hydrogen-bond acceptors (Lipinski definition) is 4. The summed E-state index contributed by atoms with van der Waals surface area (Å²) >= 11 is 1.60. The highest BCUT2D eigenvalue weighted by Gasteiger charge is 2.11. The standard InChI is InChI=1S/C19H22N4OS/c20-11-5-6-12-21-18(24)15-8-2-1-7-14(15)13-25-19-22-16-9-3-4-10-17(16)23-19/h1-4,7-10H,5-6,11-13,20H2,(H,21,24)(H,22,23). The Labute approximate surface area is 151 Å². The lowest BCUT2D eigenvalue weighted by Gasteiger charge is -2.09. The number of nitrogens with zero attached hydrogens (tertiary/aromatic N) is 1. The third-order valence-electron chi connectivity index (χ3n) is 3.91. The maximum absolute atomic E-state index is 12.4. The zero-order valence-corrected chi connectivity index (χ0v) is 14.8. The van der Waals surface area contributed by atoms with Gasteiger partial charge in [-0.1, -0.05) is 42.1 Å².